The van der Waals surface area contributed by atoms with Crippen LogP contribution in [0.25, 0.3) is 0 Å². The molecule has 1 heteroatoms. The molecule has 1 rings (SSSR count). The molecular weight excluding hydrogens is 326 g/mol. The normalized spacial score (nSPS) is 12.0. The minimum absolute atomic E-state index is 0.417. The summed E-state index contributed by atoms with van der Waals surface area (Å²) in [6.07, 6.45) is 15.8. The third kappa shape index (κ3) is 11.9. The molecule has 0 fully saturated rings. The second-order valence-electron chi connectivity index (χ2n) is 7.80. The predicted molar refractivity (Wildman–Crippen MR) is 121 cm³/mol. The first kappa shape index (κ1) is 23.8. The van der Waals surface area contributed by atoms with Crippen molar-refractivity contribution < 1.29 is 0 Å². The van der Waals surface area contributed by atoms with Crippen LogP contribution in [0.4, 0.5) is 0 Å². The van der Waals surface area contributed by atoms with Gasteiger partial charge in [-0.1, -0.05) is 109 Å². The molecule has 27 heavy (non-hydrogen) atoms. The van der Waals surface area contributed by atoms with Crippen molar-refractivity contribution in [3.8, 4) is 11.8 Å². The van der Waals surface area contributed by atoms with Gasteiger partial charge in [-0.15, -0.1) is 0 Å². The fourth-order valence-electron chi connectivity index (χ4n) is 3.53. The molecule has 0 heterocycles. The molecule has 0 amide bonds. The zero-order valence-electron chi connectivity index (χ0n) is 18.3. The summed E-state index contributed by atoms with van der Waals surface area (Å²) in [4.78, 5) is 2.71. The van der Waals surface area contributed by atoms with E-state index in [-0.39, 0.29) is 0 Å². The molecule has 1 unspecified atom stereocenters. The topological polar surface area (TPSA) is 3.24 Å². The first-order valence-electron chi connectivity index (χ1n) is 11.6. The summed E-state index contributed by atoms with van der Waals surface area (Å²) in [5.41, 5.74) is 1.15. The molecule has 0 aliphatic heterocycles. The Kier molecular flexibility index (Phi) is 14.9. The van der Waals surface area contributed by atoms with E-state index in [4.69, 9.17) is 0 Å². The molecule has 0 N–H and O–H groups in total. The number of rotatable bonds is 15. The van der Waals surface area contributed by atoms with E-state index in [0.29, 0.717) is 6.04 Å². The molecule has 0 radical (unpaired) electrons. The quantitative estimate of drug-likeness (QED) is 0.229. The first-order chi connectivity index (χ1) is 13.3. The van der Waals surface area contributed by atoms with Crippen LogP contribution in [-0.2, 0) is 0 Å². The van der Waals surface area contributed by atoms with Crippen molar-refractivity contribution in [2.24, 2.45) is 0 Å². The van der Waals surface area contributed by atoms with Crippen molar-refractivity contribution in [3.63, 3.8) is 0 Å². The molecule has 152 valence electrons. The summed E-state index contributed by atoms with van der Waals surface area (Å²) in [6, 6.07) is 10.9. The minimum Gasteiger partial charge on any atom is -0.290 e. The van der Waals surface area contributed by atoms with Crippen molar-refractivity contribution in [1.82, 2.24) is 4.90 Å². The Morgan fingerprint density at radius 2 is 1.26 bits per heavy atom. The van der Waals surface area contributed by atoms with Crippen LogP contribution in [0.15, 0.2) is 30.3 Å². The fourth-order valence-corrected chi connectivity index (χ4v) is 3.53. The molecule has 0 saturated heterocycles. The lowest BCUT2D eigenvalue weighted by molar-refractivity contribution is 0.213. The van der Waals surface area contributed by atoms with Crippen molar-refractivity contribution in [1.29, 1.82) is 0 Å². The molecule has 1 nitrogen and oxygen atoms in total. The van der Waals surface area contributed by atoms with E-state index in [0.717, 1.165) is 5.56 Å². The lowest BCUT2D eigenvalue weighted by Gasteiger charge is -2.28. The van der Waals surface area contributed by atoms with Crippen molar-refractivity contribution in [2.45, 2.75) is 104 Å². The Morgan fingerprint density at radius 1 is 0.704 bits per heavy atom. The number of benzene rings is 1. The van der Waals surface area contributed by atoms with Crippen LogP contribution in [0.1, 0.15) is 103 Å². The molecule has 1 aromatic carbocycles. The van der Waals surface area contributed by atoms with Gasteiger partial charge in [-0.25, -0.2) is 0 Å². The van der Waals surface area contributed by atoms with Crippen LogP contribution in [-0.4, -0.2) is 24.0 Å². The van der Waals surface area contributed by atoms with Gasteiger partial charge in [-0.2, -0.15) is 0 Å². The summed E-state index contributed by atoms with van der Waals surface area (Å²) in [5, 5.41) is 0. The highest BCUT2D eigenvalue weighted by molar-refractivity contribution is 5.34. The Labute approximate surface area is 169 Å². The van der Waals surface area contributed by atoms with Gasteiger partial charge in [0.1, 0.15) is 0 Å². The van der Waals surface area contributed by atoms with E-state index in [1.165, 1.54) is 90.1 Å². The van der Waals surface area contributed by atoms with Crippen LogP contribution in [0.2, 0.25) is 0 Å². The summed E-state index contributed by atoms with van der Waals surface area (Å²) in [6.45, 7) is 9.31. The number of nitrogens with zero attached hydrogens (tertiary/aromatic N) is 1. The fraction of sp³-hybridized carbons (Fsp3) is 0.692. The van der Waals surface area contributed by atoms with E-state index < -0.39 is 0 Å². The van der Waals surface area contributed by atoms with Crippen molar-refractivity contribution in [2.75, 3.05) is 13.1 Å². The average Bonchev–Trinajstić information content (AvgIpc) is 2.70. The molecule has 0 aliphatic carbocycles. The maximum Gasteiger partial charge on any atom is 0.0718 e. The smallest absolute Gasteiger partial charge is 0.0718 e. The van der Waals surface area contributed by atoms with E-state index in [1.54, 1.807) is 0 Å². The zero-order valence-corrected chi connectivity index (χ0v) is 18.3. The maximum absolute atomic E-state index is 3.65. The van der Waals surface area contributed by atoms with Gasteiger partial charge < -0.3 is 0 Å². The molecule has 0 aliphatic rings. The molecule has 1 atom stereocenters. The monoisotopic (exact) mass is 369 g/mol. The summed E-state index contributed by atoms with van der Waals surface area (Å²) >= 11 is 0. The van der Waals surface area contributed by atoms with Gasteiger partial charge in [-0.3, -0.25) is 4.90 Å². The molecule has 0 bridgehead atoms. The van der Waals surface area contributed by atoms with Crippen LogP contribution >= 0.6 is 0 Å². The maximum atomic E-state index is 3.65. The average molecular weight is 370 g/mol. The lowest BCUT2D eigenvalue weighted by Crippen LogP contribution is -2.36. The van der Waals surface area contributed by atoms with Gasteiger partial charge in [0.15, 0.2) is 0 Å². The van der Waals surface area contributed by atoms with E-state index in [9.17, 15) is 0 Å². The largest absolute Gasteiger partial charge is 0.290 e. The molecular formula is C26H43N. The Hall–Kier alpha value is -1.26. The standard InChI is InChI=1S/C26H43N/c1-4-7-10-16-23-27(24-17-11-8-5-2)26(20-13-9-6-3)22-21-25-18-14-12-15-19-25/h12,14-15,18-19,26H,4-11,13,16-17,20,23-24H2,1-3H3. The van der Waals surface area contributed by atoms with Gasteiger partial charge in [0.05, 0.1) is 6.04 Å². The highest BCUT2D eigenvalue weighted by Crippen LogP contribution is 2.14. The van der Waals surface area contributed by atoms with Gasteiger partial charge in [0.2, 0.25) is 0 Å². The first-order valence-corrected chi connectivity index (χ1v) is 11.6. The van der Waals surface area contributed by atoms with Crippen LogP contribution in [0, 0.1) is 11.8 Å². The van der Waals surface area contributed by atoms with Crippen LogP contribution in [0.5, 0.6) is 0 Å². The van der Waals surface area contributed by atoms with Gasteiger partial charge in [-0.05, 0) is 44.5 Å². The van der Waals surface area contributed by atoms with Gasteiger partial charge >= 0.3 is 0 Å². The molecule has 0 spiro atoms. The van der Waals surface area contributed by atoms with Crippen LogP contribution in [0.3, 0.4) is 0 Å². The van der Waals surface area contributed by atoms with E-state index >= 15 is 0 Å². The number of unbranched alkanes of at least 4 members (excludes halogenated alkanes) is 8. The minimum atomic E-state index is 0.417. The van der Waals surface area contributed by atoms with E-state index in [2.05, 4.69) is 67.8 Å². The highest BCUT2D eigenvalue weighted by Gasteiger charge is 2.15. The predicted octanol–water partition coefficient (Wildman–Crippen LogP) is 7.45. The summed E-state index contributed by atoms with van der Waals surface area (Å²) in [5.74, 6) is 7.12. The zero-order chi connectivity index (χ0) is 19.6. The summed E-state index contributed by atoms with van der Waals surface area (Å²) in [7, 11) is 0. The third-order valence-corrected chi connectivity index (χ3v) is 5.28. The Balaban J connectivity index is 2.76. The molecule has 0 saturated carbocycles. The van der Waals surface area contributed by atoms with Gasteiger partial charge in [0.25, 0.3) is 0 Å². The number of hydrogen-bond donors (Lipinski definition) is 0. The second-order valence-corrected chi connectivity index (χ2v) is 7.80. The second kappa shape index (κ2) is 16.9. The van der Waals surface area contributed by atoms with E-state index in [1.807, 2.05) is 0 Å². The molecule has 1 aromatic rings. The van der Waals surface area contributed by atoms with Crippen molar-refractivity contribution >= 4 is 0 Å². The Bertz CT molecular complexity index is 484. The lowest BCUT2D eigenvalue weighted by atomic mass is 10.0. The van der Waals surface area contributed by atoms with Crippen LogP contribution < -0.4 is 0 Å². The van der Waals surface area contributed by atoms with Gasteiger partial charge in [0, 0.05) is 5.56 Å². The SMILES string of the molecule is CCCCCCN(CCCCCC)C(C#Cc1ccccc1)CCCCC. The highest BCUT2D eigenvalue weighted by atomic mass is 15.1. The summed E-state index contributed by atoms with van der Waals surface area (Å²) < 4.78 is 0. The third-order valence-electron chi connectivity index (χ3n) is 5.28. The number of hydrogen-bond acceptors (Lipinski definition) is 1. The Morgan fingerprint density at radius 3 is 1.81 bits per heavy atom. The van der Waals surface area contributed by atoms with Crippen molar-refractivity contribution in [3.05, 3.63) is 35.9 Å². The molecule has 0 aromatic heterocycles.